The summed E-state index contributed by atoms with van der Waals surface area (Å²) in [5.74, 6) is 1.23. The molecule has 1 fully saturated rings. The lowest BCUT2D eigenvalue weighted by molar-refractivity contribution is -0.133. The van der Waals surface area contributed by atoms with E-state index in [1.807, 2.05) is 0 Å². The average Bonchev–Trinajstić information content (AvgIpc) is 2.80. The third-order valence-corrected chi connectivity index (χ3v) is 4.86. The molecule has 3 heteroatoms. The minimum Gasteiger partial charge on any atom is -0.353 e. The number of amides is 1. The molecule has 0 spiro atoms. The highest BCUT2D eigenvalue weighted by Gasteiger charge is 2.44. The zero-order valence-electron chi connectivity index (χ0n) is 12.7. The highest BCUT2D eigenvalue weighted by molar-refractivity contribution is 5.83. The molecule has 1 amide bonds. The first-order valence-electron chi connectivity index (χ1n) is 7.49. The van der Waals surface area contributed by atoms with Crippen LogP contribution in [0, 0.1) is 17.3 Å². The Hall–Kier alpha value is -0.570. The topological polar surface area (TPSA) is 41.1 Å². The van der Waals surface area contributed by atoms with E-state index in [4.69, 9.17) is 0 Å². The van der Waals surface area contributed by atoms with Gasteiger partial charge in [0, 0.05) is 12.6 Å². The van der Waals surface area contributed by atoms with Crippen molar-refractivity contribution >= 4 is 5.91 Å². The van der Waals surface area contributed by atoms with Gasteiger partial charge in [-0.3, -0.25) is 4.79 Å². The molecule has 106 valence electrons. The van der Waals surface area contributed by atoms with Gasteiger partial charge in [-0.15, -0.1) is 0 Å². The Morgan fingerprint density at radius 3 is 2.28 bits per heavy atom. The van der Waals surface area contributed by atoms with Gasteiger partial charge in [-0.25, -0.2) is 0 Å². The number of hydrogen-bond acceptors (Lipinski definition) is 2. The van der Waals surface area contributed by atoms with Crippen molar-refractivity contribution in [2.45, 2.75) is 59.9 Å². The third-order valence-electron chi connectivity index (χ3n) is 4.86. The fraction of sp³-hybridized carbons (Fsp3) is 0.933. The quantitative estimate of drug-likeness (QED) is 0.765. The van der Waals surface area contributed by atoms with Gasteiger partial charge in [0.2, 0.25) is 5.91 Å². The molecule has 1 aliphatic heterocycles. The molecule has 0 radical (unpaired) electrons. The van der Waals surface area contributed by atoms with E-state index in [9.17, 15) is 4.79 Å². The Bertz CT molecular complexity index is 266. The Balaban J connectivity index is 2.68. The van der Waals surface area contributed by atoms with Crippen molar-refractivity contribution < 1.29 is 4.79 Å². The summed E-state index contributed by atoms with van der Waals surface area (Å²) in [5, 5.41) is 6.61. The first-order chi connectivity index (χ1) is 8.47. The van der Waals surface area contributed by atoms with Crippen molar-refractivity contribution in [3.05, 3.63) is 0 Å². The second-order valence-corrected chi connectivity index (χ2v) is 6.08. The van der Waals surface area contributed by atoms with Gasteiger partial charge in [-0.2, -0.15) is 0 Å². The summed E-state index contributed by atoms with van der Waals surface area (Å²) in [7, 11) is 0. The largest absolute Gasteiger partial charge is 0.353 e. The van der Waals surface area contributed by atoms with Crippen molar-refractivity contribution in [1.29, 1.82) is 0 Å². The molecule has 0 aliphatic carbocycles. The highest BCUT2D eigenvalue weighted by Crippen LogP contribution is 2.34. The van der Waals surface area contributed by atoms with Gasteiger partial charge < -0.3 is 10.6 Å². The summed E-state index contributed by atoms with van der Waals surface area (Å²) < 4.78 is 0. The Kier molecular flexibility index (Phi) is 5.64. The number of carbonyl (C=O) groups is 1. The molecule has 1 saturated heterocycles. The predicted octanol–water partition coefficient (Wildman–Crippen LogP) is 2.56. The molecule has 1 aliphatic rings. The minimum atomic E-state index is -0.194. The Morgan fingerprint density at radius 1 is 1.28 bits per heavy atom. The maximum Gasteiger partial charge on any atom is 0.228 e. The van der Waals surface area contributed by atoms with Crippen LogP contribution in [0.4, 0.5) is 0 Å². The van der Waals surface area contributed by atoms with Crippen molar-refractivity contribution in [2.24, 2.45) is 17.3 Å². The summed E-state index contributed by atoms with van der Waals surface area (Å²) in [6.45, 7) is 12.7. The van der Waals surface area contributed by atoms with Crippen molar-refractivity contribution in [3.8, 4) is 0 Å². The third kappa shape index (κ3) is 3.05. The first kappa shape index (κ1) is 15.5. The summed E-state index contributed by atoms with van der Waals surface area (Å²) in [4.78, 5) is 12.6. The average molecular weight is 254 g/mol. The Labute approximate surface area is 112 Å². The molecule has 2 N–H and O–H groups in total. The van der Waals surface area contributed by atoms with E-state index in [-0.39, 0.29) is 17.4 Å². The summed E-state index contributed by atoms with van der Waals surface area (Å²) >= 11 is 0. The maximum atomic E-state index is 12.6. The molecule has 0 aromatic heterocycles. The molecule has 0 bridgehead atoms. The summed E-state index contributed by atoms with van der Waals surface area (Å²) in [6, 6.07) is 0.281. The van der Waals surface area contributed by atoms with Gasteiger partial charge in [0.15, 0.2) is 0 Å². The molecule has 0 saturated carbocycles. The standard InChI is InChI=1S/C15H30N2O/c1-6-13(7-2)12(5)17-14(18)15(11(3)4)8-9-16-10-15/h11-13,16H,6-10H2,1-5H3,(H,17,18). The number of hydrogen-bond donors (Lipinski definition) is 2. The fourth-order valence-corrected chi connectivity index (χ4v) is 3.12. The normalized spacial score (nSPS) is 25.7. The second-order valence-electron chi connectivity index (χ2n) is 6.08. The van der Waals surface area contributed by atoms with E-state index in [0.717, 1.165) is 32.4 Å². The lowest BCUT2D eigenvalue weighted by Crippen LogP contribution is -2.50. The van der Waals surface area contributed by atoms with Crippen LogP contribution in [0.5, 0.6) is 0 Å². The van der Waals surface area contributed by atoms with E-state index in [0.29, 0.717) is 11.8 Å². The van der Waals surface area contributed by atoms with Crippen LogP contribution in [-0.2, 0) is 4.79 Å². The molecule has 2 unspecified atom stereocenters. The van der Waals surface area contributed by atoms with Crippen LogP contribution >= 0.6 is 0 Å². The lowest BCUT2D eigenvalue weighted by Gasteiger charge is -2.34. The molecule has 2 atom stereocenters. The van der Waals surface area contributed by atoms with Gasteiger partial charge in [-0.05, 0) is 31.7 Å². The smallest absolute Gasteiger partial charge is 0.228 e. The first-order valence-corrected chi connectivity index (χ1v) is 7.49. The van der Waals surface area contributed by atoms with E-state index in [1.165, 1.54) is 0 Å². The molecule has 0 aromatic carbocycles. The number of rotatable bonds is 6. The van der Waals surface area contributed by atoms with Crippen LogP contribution in [0.3, 0.4) is 0 Å². The molecule has 1 rings (SSSR count). The summed E-state index contributed by atoms with van der Waals surface area (Å²) in [5.41, 5.74) is -0.194. The minimum absolute atomic E-state index is 0.194. The highest BCUT2D eigenvalue weighted by atomic mass is 16.2. The van der Waals surface area contributed by atoms with Crippen molar-refractivity contribution in [1.82, 2.24) is 10.6 Å². The van der Waals surface area contributed by atoms with Crippen LogP contribution in [0.15, 0.2) is 0 Å². The van der Waals surface area contributed by atoms with Gasteiger partial charge in [0.1, 0.15) is 0 Å². The molecular formula is C15H30N2O. The van der Waals surface area contributed by atoms with Gasteiger partial charge in [-0.1, -0.05) is 40.5 Å². The molecular weight excluding hydrogens is 224 g/mol. The van der Waals surface area contributed by atoms with Gasteiger partial charge in [0.05, 0.1) is 5.41 Å². The van der Waals surface area contributed by atoms with Crippen LogP contribution < -0.4 is 10.6 Å². The van der Waals surface area contributed by atoms with Gasteiger partial charge >= 0.3 is 0 Å². The van der Waals surface area contributed by atoms with Gasteiger partial charge in [0.25, 0.3) is 0 Å². The predicted molar refractivity (Wildman–Crippen MR) is 76.4 cm³/mol. The summed E-state index contributed by atoms with van der Waals surface area (Å²) in [6.07, 6.45) is 3.22. The SMILES string of the molecule is CCC(CC)C(C)NC(=O)C1(C(C)C)CCNC1. The van der Waals surface area contributed by atoms with E-state index in [2.05, 4.69) is 45.3 Å². The lowest BCUT2D eigenvalue weighted by atomic mass is 9.75. The zero-order valence-corrected chi connectivity index (χ0v) is 12.7. The molecule has 0 aromatic rings. The van der Waals surface area contributed by atoms with E-state index in [1.54, 1.807) is 0 Å². The maximum absolute atomic E-state index is 12.6. The van der Waals surface area contributed by atoms with Crippen LogP contribution in [0.25, 0.3) is 0 Å². The van der Waals surface area contributed by atoms with Crippen LogP contribution in [0.1, 0.15) is 53.9 Å². The second kappa shape index (κ2) is 6.55. The zero-order chi connectivity index (χ0) is 13.8. The Morgan fingerprint density at radius 2 is 1.89 bits per heavy atom. The number of carbonyl (C=O) groups excluding carboxylic acids is 1. The van der Waals surface area contributed by atoms with Crippen molar-refractivity contribution in [3.63, 3.8) is 0 Å². The van der Waals surface area contributed by atoms with Crippen molar-refractivity contribution in [2.75, 3.05) is 13.1 Å². The fourth-order valence-electron chi connectivity index (χ4n) is 3.12. The molecule has 18 heavy (non-hydrogen) atoms. The molecule has 3 nitrogen and oxygen atoms in total. The van der Waals surface area contributed by atoms with E-state index < -0.39 is 0 Å². The monoisotopic (exact) mass is 254 g/mol. The van der Waals surface area contributed by atoms with Crippen LogP contribution in [-0.4, -0.2) is 25.0 Å². The van der Waals surface area contributed by atoms with E-state index >= 15 is 0 Å². The van der Waals surface area contributed by atoms with Crippen LogP contribution in [0.2, 0.25) is 0 Å². The molecule has 1 heterocycles. The number of nitrogens with one attached hydrogen (secondary N) is 2.